The number of alkyl halides is 1. The van der Waals surface area contributed by atoms with Crippen molar-refractivity contribution in [2.24, 2.45) is 0 Å². The first kappa shape index (κ1) is 11.4. The predicted octanol–water partition coefficient (Wildman–Crippen LogP) is 4.28. The van der Waals surface area contributed by atoms with Gasteiger partial charge in [-0.25, -0.2) is 9.37 Å². The molecule has 2 aromatic rings. The van der Waals surface area contributed by atoms with Crippen molar-refractivity contribution in [2.75, 3.05) is 0 Å². The number of rotatable bonds is 2. The molecule has 0 atom stereocenters. The van der Waals surface area contributed by atoms with Crippen LogP contribution in [0.2, 0.25) is 5.15 Å². The summed E-state index contributed by atoms with van der Waals surface area (Å²) in [4.78, 5) is 4.17. The molecule has 0 amide bonds. The van der Waals surface area contributed by atoms with E-state index in [1.807, 2.05) is 0 Å². The first-order valence-corrected chi connectivity index (χ1v) is 5.59. The van der Waals surface area contributed by atoms with Crippen LogP contribution < -0.4 is 0 Å². The second-order valence-electron chi connectivity index (χ2n) is 3.29. The van der Waals surface area contributed by atoms with E-state index in [4.69, 9.17) is 23.2 Å². The molecule has 0 unspecified atom stereocenters. The number of hydrogen-bond donors (Lipinski definition) is 0. The maximum Gasteiger partial charge on any atom is 0.129 e. The summed E-state index contributed by atoms with van der Waals surface area (Å²) >= 11 is 11.6. The Morgan fingerprint density at radius 2 is 2.00 bits per heavy atom. The molecular weight excluding hydrogens is 248 g/mol. The van der Waals surface area contributed by atoms with Crippen molar-refractivity contribution in [3.8, 4) is 11.3 Å². The Morgan fingerprint density at radius 1 is 1.19 bits per heavy atom. The van der Waals surface area contributed by atoms with Gasteiger partial charge in [-0.15, -0.1) is 11.6 Å². The van der Waals surface area contributed by atoms with Gasteiger partial charge in [0, 0.05) is 11.4 Å². The molecule has 16 heavy (non-hydrogen) atoms. The zero-order valence-electron chi connectivity index (χ0n) is 8.25. The minimum Gasteiger partial charge on any atom is -0.236 e. The van der Waals surface area contributed by atoms with Crippen molar-refractivity contribution in [3.63, 3.8) is 0 Å². The summed E-state index contributed by atoms with van der Waals surface area (Å²) in [5.74, 6) is 0.00975. The molecule has 0 spiro atoms. The Kier molecular flexibility index (Phi) is 3.42. The normalized spacial score (nSPS) is 10.4. The summed E-state index contributed by atoms with van der Waals surface area (Å²) in [5.41, 5.74) is 2.14. The molecule has 0 aliphatic carbocycles. The van der Waals surface area contributed by atoms with Crippen molar-refractivity contribution in [1.82, 2.24) is 4.98 Å². The van der Waals surface area contributed by atoms with Crippen LogP contribution in [0, 0.1) is 5.82 Å². The lowest BCUT2D eigenvalue weighted by Crippen LogP contribution is -1.91. The number of nitrogens with zero attached hydrogens (tertiary/aromatic N) is 1. The van der Waals surface area contributed by atoms with E-state index >= 15 is 0 Å². The van der Waals surface area contributed by atoms with Crippen molar-refractivity contribution < 1.29 is 4.39 Å². The summed E-state index contributed by atoms with van der Waals surface area (Å²) in [6.07, 6.45) is 0. The number of aromatic nitrogens is 1. The molecule has 0 radical (unpaired) electrons. The molecule has 1 aromatic carbocycles. The van der Waals surface area contributed by atoms with Gasteiger partial charge >= 0.3 is 0 Å². The van der Waals surface area contributed by atoms with Crippen LogP contribution in [0.4, 0.5) is 4.39 Å². The summed E-state index contributed by atoms with van der Waals surface area (Å²) in [7, 11) is 0. The van der Waals surface area contributed by atoms with Gasteiger partial charge in [-0.1, -0.05) is 29.8 Å². The average Bonchev–Trinajstić information content (AvgIpc) is 2.29. The summed E-state index contributed by atoms with van der Waals surface area (Å²) in [5, 5.41) is 0.369. The molecule has 0 saturated carbocycles. The number of benzene rings is 1. The maximum absolute atomic E-state index is 13.1. The van der Waals surface area contributed by atoms with Crippen LogP contribution in [0.25, 0.3) is 11.3 Å². The van der Waals surface area contributed by atoms with Crippen LogP contribution in [-0.2, 0) is 5.88 Å². The van der Waals surface area contributed by atoms with Crippen molar-refractivity contribution >= 4 is 23.2 Å². The van der Waals surface area contributed by atoms with Crippen LogP contribution in [0.15, 0.2) is 36.4 Å². The van der Waals surface area contributed by atoms with Gasteiger partial charge in [0.2, 0.25) is 0 Å². The standard InChI is InChI=1S/C12H8Cl2FN/c13-7-9-4-5-11(14)16-12(9)8-2-1-3-10(15)6-8/h1-6H,7H2. The Morgan fingerprint density at radius 3 is 2.69 bits per heavy atom. The van der Waals surface area contributed by atoms with Gasteiger partial charge in [-0.05, 0) is 23.8 Å². The monoisotopic (exact) mass is 255 g/mol. The minimum absolute atomic E-state index is 0.306. The van der Waals surface area contributed by atoms with Crippen molar-refractivity contribution in [2.45, 2.75) is 5.88 Å². The van der Waals surface area contributed by atoms with Gasteiger partial charge in [0.15, 0.2) is 0 Å². The fourth-order valence-electron chi connectivity index (χ4n) is 1.46. The minimum atomic E-state index is -0.306. The summed E-state index contributed by atoms with van der Waals surface area (Å²) in [6.45, 7) is 0. The van der Waals surface area contributed by atoms with E-state index in [2.05, 4.69) is 4.98 Å². The highest BCUT2D eigenvalue weighted by Gasteiger charge is 2.07. The van der Waals surface area contributed by atoms with Crippen LogP contribution in [-0.4, -0.2) is 4.98 Å². The van der Waals surface area contributed by atoms with Crippen molar-refractivity contribution in [3.05, 3.63) is 52.9 Å². The summed E-state index contributed by atoms with van der Waals surface area (Å²) in [6, 6.07) is 9.66. The highest BCUT2D eigenvalue weighted by atomic mass is 35.5. The zero-order chi connectivity index (χ0) is 11.5. The first-order chi connectivity index (χ1) is 7.70. The molecule has 82 valence electrons. The quantitative estimate of drug-likeness (QED) is 0.577. The van der Waals surface area contributed by atoms with E-state index in [0.717, 1.165) is 5.56 Å². The molecule has 0 bridgehead atoms. The highest BCUT2D eigenvalue weighted by molar-refractivity contribution is 6.29. The lowest BCUT2D eigenvalue weighted by molar-refractivity contribution is 0.628. The molecule has 0 fully saturated rings. The molecule has 0 aliphatic rings. The molecular formula is C12H8Cl2FN. The number of hydrogen-bond acceptors (Lipinski definition) is 1. The van der Waals surface area contributed by atoms with E-state index in [1.165, 1.54) is 12.1 Å². The zero-order valence-corrected chi connectivity index (χ0v) is 9.76. The fraction of sp³-hybridized carbons (Fsp3) is 0.0833. The lowest BCUT2D eigenvalue weighted by Gasteiger charge is -2.06. The second-order valence-corrected chi connectivity index (χ2v) is 3.94. The third-order valence-electron chi connectivity index (χ3n) is 2.19. The SMILES string of the molecule is Fc1cccc(-c2nc(Cl)ccc2CCl)c1. The molecule has 1 nitrogen and oxygen atoms in total. The Labute approximate surface area is 103 Å². The molecule has 1 aromatic heterocycles. The number of pyridine rings is 1. The molecule has 1 heterocycles. The van der Waals surface area contributed by atoms with Gasteiger partial charge in [0.1, 0.15) is 11.0 Å². The second kappa shape index (κ2) is 4.81. The van der Waals surface area contributed by atoms with E-state index in [1.54, 1.807) is 24.3 Å². The smallest absolute Gasteiger partial charge is 0.129 e. The Balaban J connectivity index is 2.58. The average molecular weight is 256 g/mol. The highest BCUT2D eigenvalue weighted by Crippen LogP contribution is 2.25. The Hall–Kier alpha value is -1.12. The van der Waals surface area contributed by atoms with Crippen LogP contribution in [0.3, 0.4) is 0 Å². The fourth-order valence-corrected chi connectivity index (χ4v) is 1.82. The van der Waals surface area contributed by atoms with E-state index in [-0.39, 0.29) is 5.82 Å². The Bertz CT molecular complexity index is 514. The van der Waals surface area contributed by atoms with E-state index < -0.39 is 0 Å². The molecule has 2 rings (SSSR count). The van der Waals surface area contributed by atoms with E-state index in [0.29, 0.717) is 22.3 Å². The van der Waals surface area contributed by atoms with Crippen LogP contribution in [0.1, 0.15) is 5.56 Å². The van der Waals surface area contributed by atoms with Crippen LogP contribution in [0.5, 0.6) is 0 Å². The molecule has 4 heteroatoms. The third kappa shape index (κ3) is 2.34. The lowest BCUT2D eigenvalue weighted by atomic mass is 10.1. The third-order valence-corrected chi connectivity index (χ3v) is 2.69. The van der Waals surface area contributed by atoms with Gasteiger partial charge in [-0.2, -0.15) is 0 Å². The molecule has 0 aliphatic heterocycles. The maximum atomic E-state index is 13.1. The molecule has 0 N–H and O–H groups in total. The van der Waals surface area contributed by atoms with Gasteiger partial charge in [0.25, 0.3) is 0 Å². The van der Waals surface area contributed by atoms with E-state index in [9.17, 15) is 4.39 Å². The predicted molar refractivity (Wildman–Crippen MR) is 64.2 cm³/mol. The van der Waals surface area contributed by atoms with Crippen molar-refractivity contribution in [1.29, 1.82) is 0 Å². The largest absolute Gasteiger partial charge is 0.236 e. The first-order valence-electron chi connectivity index (χ1n) is 4.68. The van der Waals surface area contributed by atoms with Gasteiger partial charge < -0.3 is 0 Å². The topological polar surface area (TPSA) is 12.9 Å². The number of halogens is 3. The molecule has 0 saturated heterocycles. The van der Waals surface area contributed by atoms with Gasteiger partial charge in [0.05, 0.1) is 5.69 Å². The summed E-state index contributed by atoms with van der Waals surface area (Å²) < 4.78 is 13.1. The van der Waals surface area contributed by atoms with Gasteiger partial charge in [-0.3, -0.25) is 0 Å². The van der Waals surface area contributed by atoms with Crippen LogP contribution >= 0.6 is 23.2 Å².